The van der Waals surface area contributed by atoms with E-state index in [0.29, 0.717) is 17.0 Å². The number of rotatable bonds is 7. The van der Waals surface area contributed by atoms with Crippen LogP contribution >= 0.6 is 0 Å². The molecule has 1 amide bonds. The van der Waals surface area contributed by atoms with Gasteiger partial charge in [-0.1, -0.05) is 59.7 Å². The van der Waals surface area contributed by atoms with Crippen LogP contribution in [0.2, 0.25) is 16.6 Å². The van der Waals surface area contributed by atoms with Crippen molar-refractivity contribution in [1.82, 2.24) is 4.31 Å². The number of fused-ring (bicyclic) bond motifs is 3. The lowest BCUT2D eigenvalue weighted by Gasteiger charge is -2.54. The number of nitrogens with zero attached hydrogens (tertiary/aromatic N) is 2. The Balaban J connectivity index is 2.06. The van der Waals surface area contributed by atoms with Gasteiger partial charge in [0.2, 0.25) is 5.91 Å². The number of halogens is 1. The predicted octanol–water partition coefficient (Wildman–Crippen LogP) is 5.80. The molecule has 2 atom stereocenters. The van der Waals surface area contributed by atoms with Gasteiger partial charge in [-0.2, -0.15) is 0 Å². The summed E-state index contributed by atoms with van der Waals surface area (Å²) in [6, 6.07) is 13.1. The van der Waals surface area contributed by atoms with Crippen LogP contribution in [-0.4, -0.2) is 40.1 Å². The summed E-state index contributed by atoms with van der Waals surface area (Å²) < 4.78 is 53.4. The van der Waals surface area contributed by atoms with Crippen molar-refractivity contribution in [2.45, 2.75) is 81.3 Å². The molecule has 0 aliphatic carbocycles. The highest BCUT2D eigenvalue weighted by Crippen LogP contribution is 2.61. The fraction of sp³-hybridized carbons (Fsp3) is 0.500. The molecule has 6 nitrogen and oxygen atoms in total. The smallest absolute Gasteiger partial charge is 0.268 e. The van der Waals surface area contributed by atoms with Crippen LogP contribution in [-0.2, 0) is 20.5 Å². The predicted molar refractivity (Wildman–Crippen MR) is 138 cm³/mol. The van der Waals surface area contributed by atoms with Crippen molar-refractivity contribution >= 4 is 29.9 Å². The minimum Gasteiger partial charge on any atom is -0.497 e. The van der Waals surface area contributed by atoms with Crippen molar-refractivity contribution in [2.24, 2.45) is 0 Å². The Morgan fingerprint density at radius 3 is 2.09 bits per heavy atom. The number of ether oxygens (including phenoxy) is 1. The number of anilines is 1. The van der Waals surface area contributed by atoms with Crippen LogP contribution in [0.5, 0.6) is 5.75 Å². The molecule has 2 aromatic rings. The summed E-state index contributed by atoms with van der Waals surface area (Å²) in [5.41, 5.74) is -0.688. The first-order valence-electron chi connectivity index (χ1n) is 12.1. The molecule has 9 heteroatoms. The van der Waals surface area contributed by atoms with Crippen molar-refractivity contribution in [3.05, 3.63) is 54.1 Å². The number of benzene rings is 2. The summed E-state index contributed by atoms with van der Waals surface area (Å²) in [7, 11) is -5.44. The fourth-order valence-electron chi connectivity index (χ4n) is 6.80. The Bertz CT molecular complexity index is 1210. The van der Waals surface area contributed by atoms with E-state index in [1.165, 1.54) is 19.2 Å². The maximum Gasteiger partial charge on any atom is 0.268 e. The Hall–Kier alpha value is -2.39. The summed E-state index contributed by atoms with van der Waals surface area (Å²) in [4.78, 5) is 13.4. The Morgan fingerprint density at radius 1 is 1.00 bits per heavy atom. The topological polar surface area (TPSA) is 66.9 Å². The number of carbonyl (C=O) groups excluding carboxylic acids is 1. The van der Waals surface area contributed by atoms with E-state index in [4.69, 9.17) is 4.74 Å². The van der Waals surface area contributed by atoms with Gasteiger partial charge in [-0.25, -0.2) is 17.1 Å². The van der Waals surface area contributed by atoms with E-state index in [1.807, 2.05) is 10.6 Å². The highest BCUT2D eigenvalue weighted by atomic mass is 32.2. The van der Waals surface area contributed by atoms with Crippen molar-refractivity contribution < 1.29 is 22.3 Å². The molecule has 2 aliphatic heterocycles. The van der Waals surface area contributed by atoms with Crippen molar-refractivity contribution in [3.63, 3.8) is 0 Å². The van der Waals surface area contributed by atoms with Crippen LogP contribution in [0, 0.1) is 0 Å². The van der Waals surface area contributed by atoms with Gasteiger partial charge in [0.05, 0.1) is 18.4 Å². The molecule has 0 bridgehead atoms. The molecule has 0 saturated carbocycles. The highest BCUT2D eigenvalue weighted by Gasteiger charge is 2.69. The molecular formula is C26H35FN2O4SSi. The maximum atomic E-state index is 17.3. The van der Waals surface area contributed by atoms with Gasteiger partial charge in [-0.15, -0.1) is 0 Å². The zero-order chi connectivity index (χ0) is 25.9. The molecule has 0 N–H and O–H groups in total. The highest BCUT2D eigenvalue weighted by molar-refractivity contribution is 7.89. The summed E-state index contributed by atoms with van der Waals surface area (Å²) in [5.74, 6) is -0.247. The van der Waals surface area contributed by atoms with E-state index in [-0.39, 0.29) is 21.5 Å². The lowest BCUT2D eigenvalue weighted by Crippen LogP contribution is -2.67. The largest absolute Gasteiger partial charge is 0.497 e. The second kappa shape index (κ2) is 8.62. The number of hydrogen-bond donors (Lipinski definition) is 0. The molecule has 2 heterocycles. The third-order valence-electron chi connectivity index (χ3n) is 7.93. The van der Waals surface area contributed by atoms with E-state index in [9.17, 15) is 13.2 Å². The first-order chi connectivity index (χ1) is 16.3. The average molecular weight is 519 g/mol. The number of methoxy groups -OCH3 is 1. The number of hydrogen-bond acceptors (Lipinski definition) is 5. The first-order valence-corrected chi connectivity index (χ1v) is 15.8. The van der Waals surface area contributed by atoms with Gasteiger partial charge in [0.15, 0.2) is 20.1 Å². The molecule has 0 unspecified atom stereocenters. The van der Waals surface area contributed by atoms with Crippen molar-refractivity contribution in [2.75, 3.05) is 11.7 Å². The second-order valence-electron chi connectivity index (χ2n) is 10.5. The molecule has 1 fully saturated rings. The van der Waals surface area contributed by atoms with Crippen molar-refractivity contribution in [1.29, 1.82) is 0 Å². The molecule has 2 aliphatic rings. The fourth-order valence-corrected chi connectivity index (χ4v) is 15.5. The maximum absolute atomic E-state index is 17.3. The van der Waals surface area contributed by atoms with E-state index in [1.54, 1.807) is 30.3 Å². The molecule has 190 valence electrons. The SMILES string of the molecule is COc1ccc2c(c1)[C@]1(F)CC(=O)N(S(=O)(=O)c3ccccc3)[C@@H]1N2[Si](C(C)C)(C(C)C)C(C)C. The van der Waals surface area contributed by atoms with Crippen LogP contribution in [0.1, 0.15) is 53.5 Å². The standard InChI is InChI=1S/C26H35FN2O4SSi/c1-17(2)35(18(3)4,19(5)6)29-23-14-13-20(33-7)15-22(23)26(27)16-24(30)28(25(26)29)34(31,32)21-11-9-8-10-12-21/h8-15,17-19,25H,16H2,1-7H3/t25-,26-/m1/s1. The quantitative estimate of drug-likeness (QED) is 0.433. The number of amides is 1. The number of sulfonamides is 1. The lowest BCUT2D eigenvalue weighted by molar-refractivity contribution is -0.124. The minimum atomic E-state index is -4.29. The molecule has 35 heavy (non-hydrogen) atoms. The summed E-state index contributed by atoms with van der Waals surface area (Å²) >= 11 is 0. The Labute approximate surface area is 209 Å². The van der Waals surface area contributed by atoms with E-state index < -0.39 is 42.4 Å². The summed E-state index contributed by atoms with van der Waals surface area (Å²) in [5, 5.41) is 0. The van der Waals surface area contributed by atoms with Gasteiger partial charge in [-0.3, -0.25) is 4.79 Å². The Morgan fingerprint density at radius 2 is 1.57 bits per heavy atom. The molecule has 2 aromatic carbocycles. The monoisotopic (exact) mass is 518 g/mol. The van der Waals surface area contributed by atoms with Gasteiger partial charge in [0.25, 0.3) is 10.0 Å². The van der Waals surface area contributed by atoms with Gasteiger partial charge in [-0.05, 0) is 47.0 Å². The lowest BCUT2D eigenvalue weighted by atomic mass is 9.94. The van der Waals surface area contributed by atoms with Crippen LogP contribution in [0.3, 0.4) is 0 Å². The Kier molecular flexibility index (Phi) is 6.33. The molecule has 4 rings (SSSR count). The third kappa shape index (κ3) is 3.45. The van der Waals surface area contributed by atoms with Crippen LogP contribution in [0.15, 0.2) is 53.4 Å². The van der Waals surface area contributed by atoms with Crippen LogP contribution in [0.25, 0.3) is 0 Å². The zero-order valence-corrected chi connectivity index (χ0v) is 23.3. The first kappa shape index (κ1) is 25.7. The molecular weight excluding hydrogens is 483 g/mol. The van der Waals surface area contributed by atoms with E-state index in [0.717, 1.165) is 4.31 Å². The molecule has 0 radical (unpaired) electrons. The van der Waals surface area contributed by atoms with E-state index >= 15 is 4.39 Å². The van der Waals surface area contributed by atoms with Gasteiger partial charge >= 0.3 is 0 Å². The molecule has 1 saturated heterocycles. The van der Waals surface area contributed by atoms with Crippen LogP contribution < -0.4 is 9.30 Å². The molecule has 0 spiro atoms. The second-order valence-corrected chi connectivity index (χ2v) is 18.1. The number of carbonyl (C=O) groups is 1. The van der Waals surface area contributed by atoms with Crippen LogP contribution in [0.4, 0.5) is 10.1 Å². The summed E-state index contributed by atoms with van der Waals surface area (Å²) in [6.07, 6.45) is -1.81. The van der Waals surface area contributed by atoms with Gasteiger partial charge < -0.3 is 9.30 Å². The van der Waals surface area contributed by atoms with E-state index in [2.05, 4.69) is 41.5 Å². The number of alkyl halides is 1. The zero-order valence-electron chi connectivity index (χ0n) is 21.4. The normalized spacial score (nSPS) is 22.4. The molecule has 0 aromatic heterocycles. The van der Waals surface area contributed by atoms with Gasteiger partial charge in [0.1, 0.15) is 5.75 Å². The minimum absolute atomic E-state index is 0.0167. The average Bonchev–Trinajstić information content (AvgIpc) is 3.20. The van der Waals surface area contributed by atoms with Crippen molar-refractivity contribution in [3.8, 4) is 5.75 Å². The summed E-state index contributed by atoms with van der Waals surface area (Å²) in [6.45, 7) is 12.8. The third-order valence-corrected chi connectivity index (χ3v) is 16.6. The van der Waals surface area contributed by atoms with Gasteiger partial charge in [0, 0.05) is 11.3 Å².